The van der Waals surface area contributed by atoms with E-state index in [2.05, 4.69) is 28.6 Å². The summed E-state index contributed by atoms with van der Waals surface area (Å²) in [5.74, 6) is -3.91. The monoisotopic (exact) mass is 420 g/mol. The summed E-state index contributed by atoms with van der Waals surface area (Å²) in [6.07, 6.45) is 0.542. The molecule has 162 valence electrons. The van der Waals surface area contributed by atoms with Crippen molar-refractivity contribution in [2.45, 2.75) is 58.3 Å². The number of hydrogen-bond acceptors (Lipinski definition) is 7. The Morgan fingerprint density at radius 2 is 1.50 bits per heavy atom. The predicted octanol–water partition coefficient (Wildman–Crippen LogP) is -1.52. The molecule has 3 amide bonds. The van der Waals surface area contributed by atoms with Crippen LogP contribution in [-0.2, 0) is 19.2 Å². The molecule has 0 bridgehead atoms. The smallest absolute Gasteiger partial charge is 0.326 e. The number of aliphatic hydroxyl groups excluding tert-OH is 1. The van der Waals surface area contributed by atoms with E-state index in [9.17, 15) is 29.4 Å². The van der Waals surface area contributed by atoms with E-state index >= 15 is 0 Å². The largest absolute Gasteiger partial charge is 0.480 e. The van der Waals surface area contributed by atoms with E-state index in [-0.39, 0.29) is 17.6 Å². The van der Waals surface area contributed by atoms with Gasteiger partial charge >= 0.3 is 5.97 Å². The molecule has 0 heterocycles. The quantitative estimate of drug-likeness (QED) is 0.188. The fraction of sp³-hybridized carbons (Fsp3) is 0.765. The Hall–Kier alpha value is -1.85. The lowest BCUT2D eigenvalue weighted by Gasteiger charge is -2.27. The normalized spacial score (nSPS) is 16.4. The lowest BCUT2D eigenvalue weighted by atomic mass is 9.97. The molecule has 0 aliphatic rings. The zero-order chi connectivity index (χ0) is 22.0. The molecule has 0 saturated heterocycles. The Morgan fingerprint density at radius 3 is 1.89 bits per heavy atom. The van der Waals surface area contributed by atoms with Crippen LogP contribution in [0.4, 0.5) is 0 Å². The first-order chi connectivity index (χ1) is 13.0. The SMILES string of the molecule is CCC(C)C(NC(=O)C(NC(=O)C(CO)NC(=O)C(N)CS)C(C)C)C(=O)O. The summed E-state index contributed by atoms with van der Waals surface area (Å²) < 4.78 is 0. The van der Waals surface area contributed by atoms with Crippen LogP contribution in [-0.4, -0.2) is 70.4 Å². The molecule has 10 nitrogen and oxygen atoms in total. The van der Waals surface area contributed by atoms with Crippen LogP contribution in [0.2, 0.25) is 0 Å². The highest BCUT2D eigenvalue weighted by Gasteiger charge is 2.33. The van der Waals surface area contributed by atoms with Gasteiger partial charge in [0.15, 0.2) is 0 Å². The zero-order valence-electron chi connectivity index (χ0n) is 16.6. The van der Waals surface area contributed by atoms with Gasteiger partial charge in [0.2, 0.25) is 17.7 Å². The number of aliphatic hydroxyl groups is 1. The van der Waals surface area contributed by atoms with Gasteiger partial charge in [-0.25, -0.2) is 4.79 Å². The van der Waals surface area contributed by atoms with Gasteiger partial charge < -0.3 is 31.9 Å². The van der Waals surface area contributed by atoms with E-state index in [0.717, 1.165) is 0 Å². The van der Waals surface area contributed by atoms with Gasteiger partial charge in [-0.2, -0.15) is 12.6 Å². The molecule has 5 atom stereocenters. The Morgan fingerprint density at radius 1 is 0.964 bits per heavy atom. The maximum atomic E-state index is 12.6. The number of nitrogens with one attached hydrogen (secondary N) is 3. The van der Waals surface area contributed by atoms with Crippen molar-refractivity contribution < 1.29 is 29.4 Å². The number of carbonyl (C=O) groups excluding carboxylic acids is 3. The molecule has 7 N–H and O–H groups in total. The number of amides is 3. The van der Waals surface area contributed by atoms with E-state index in [1.807, 2.05) is 0 Å². The molecular formula is C17H32N4O6S. The average Bonchev–Trinajstić information content (AvgIpc) is 2.65. The number of nitrogens with two attached hydrogens (primary N) is 1. The van der Waals surface area contributed by atoms with Crippen molar-refractivity contribution in [1.82, 2.24) is 16.0 Å². The van der Waals surface area contributed by atoms with Crippen molar-refractivity contribution in [3.8, 4) is 0 Å². The first kappa shape index (κ1) is 26.1. The maximum Gasteiger partial charge on any atom is 0.326 e. The molecule has 0 aliphatic carbocycles. The molecular weight excluding hydrogens is 388 g/mol. The number of aliphatic carboxylic acids is 1. The van der Waals surface area contributed by atoms with Gasteiger partial charge in [-0.3, -0.25) is 14.4 Å². The third-order valence-corrected chi connectivity index (χ3v) is 4.77. The fourth-order valence-electron chi connectivity index (χ4n) is 2.27. The van der Waals surface area contributed by atoms with E-state index in [1.165, 1.54) is 0 Å². The van der Waals surface area contributed by atoms with Crippen molar-refractivity contribution in [2.24, 2.45) is 17.6 Å². The summed E-state index contributed by atoms with van der Waals surface area (Å²) in [5, 5.41) is 25.9. The van der Waals surface area contributed by atoms with Crippen molar-refractivity contribution in [1.29, 1.82) is 0 Å². The first-order valence-corrected chi connectivity index (χ1v) is 9.74. The lowest BCUT2D eigenvalue weighted by Crippen LogP contribution is -2.59. The molecule has 0 aromatic rings. The molecule has 0 fully saturated rings. The van der Waals surface area contributed by atoms with Crippen molar-refractivity contribution in [2.75, 3.05) is 12.4 Å². The zero-order valence-corrected chi connectivity index (χ0v) is 17.5. The van der Waals surface area contributed by atoms with Crippen LogP contribution in [0.15, 0.2) is 0 Å². The highest BCUT2D eigenvalue weighted by molar-refractivity contribution is 7.80. The molecule has 0 aliphatic heterocycles. The Balaban J connectivity index is 5.21. The molecule has 0 aromatic carbocycles. The van der Waals surface area contributed by atoms with Crippen molar-refractivity contribution in [3.05, 3.63) is 0 Å². The number of thiol groups is 1. The maximum absolute atomic E-state index is 12.6. The van der Waals surface area contributed by atoms with Crippen LogP contribution >= 0.6 is 12.6 Å². The number of carboxylic acid groups (broad SMARTS) is 1. The number of carbonyl (C=O) groups is 4. The topological polar surface area (TPSA) is 171 Å². The Kier molecular flexibility index (Phi) is 11.7. The second-order valence-corrected chi connectivity index (χ2v) is 7.34. The number of carboxylic acids is 1. The minimum Gasteiger partial charge on any atom is -0.480 e. The van der Waals surface area contributed by atoms with E-state index in [0.29, 0.717) is 6.42 Å². The highest BCUT2D eigenvalue weighted by atomic mass is 32.1. The van der Waals surface area contributed by atoms with Crippen LogP contribution in [0.1, 0.15) is 34.1 Å². The minimum absolute atomic E-state index is 0.0504. The van der Waals surface area contributed by atoms with Gasteiger partial charge in [0.1, 0.15) is 18.1 Å². The van der Waals surface area contributed by atoms with Crippen LogP contribution in [0, 0.1) is 11.8 Å². The summed E-state index contributed by atoms with van der Waals surface area (Å²) in [5.41, 5.74) is 5.52. The van der Waals surface area contributed by atoms with E-state index in [4.69, 9.17) is 5.73 Å². The number of hydrogen-bond donors (Lipinski definition) is 7. The third-order valence-electron chi connectivity index (χ3n) is 4.37. The van der Waals surface area contributed by atoms with Gasteiger partial charge in [0.05, 0.1) is 12.6 Å². The van der Waals surface area contributed by atoms with E-state index < -0.39 is 54.5 Å². The number of rotatable bonds is 12. The van der Waals surface area contributed by atoms with Crippen molar-refractivity contribution >= 4 is 36.3 Å². The summed E-state index contributed by atoms with van der Waals surface area (Å²) in [6, 6.07) is -4.42. The lowest BCUT2D eigenvalue weighted by molar-refractivity contribution is -0.144. The summed E-state index contributed by atoms with van der Waals surface area (Å²) in [7, 11) is 0. The van der Waals surface area contributed by atoms with Gasteiger partial charge in [-0.15, -0.1) is 0 Å². The van der Waals surface area contributed by atoms with Crippen LogP contribution in [0.25, 0.3) is 0 Å². The molecule has 28 heavy (non-hydrogen) atoms. The standard InChI is InChI=1S/C17H32N4O6S/c1-5-9(4)13(17(26)27)21-16(25)12(8(2)3)20-15(24)11(6-22)19-14(23)10(18)7-28/h8-13,22,28H,5-7,18H2,1-4H3,(H,19,23)(H,20,24)(H,21,25)(H,26,27). The molecule has 0 spiro atoms. The Labute approximate surface area is 170 Å². The molecule has 11 heteroatoms. The van der Waals surface area contributed by atoms with Crippen LogP contribution in [0.5, 0.6) is 0 Å². The van der Waals surface area contributed by atoms with Gasteiger partial charge in [-0.05, 0) is 11.8 Å². The average molecular weight is 421 g/mol. The summed E-state index contributed by atoms with van der Waals surface area (Å²) >= 11 is 3.89. The van der Waals surface area contributed by atoms with Gasteiger partial charge in [0.25, 0.3) is 0 Å². The Bertz CT molecular complexity index is 560. The predicted molar refractivity (Wildman–Crippen MR) is 107 cm³/mol. The second kappa shape index (κ2) is 12.6. The van der Waals surface area contributed by atoms with Gasteiger partial charge in [-0.1, -0.05) is 34.1 Å². The fourth-order valence-corrected chi connectivity index (χ4v) is 2.44. The molecule has 0 saturated carbocycles. The molecule has 0 radical (unpaired) electrons. The van der Waals surface area contributed by atoms with Crippen molar-refractivity contribution in [3.63, 3.8) is 0 Å². The summed E-state index contributed by atoms with van der Waals surface area (Å²) in [6.45, 7) is 6.15. The van der Waals surface area contributed by atoms with Crippen LogP contribution < -0.4 is 21.7 Å². The third kappa shape index (κ3) is 8.03. The summed E-state index contributed by atoms with van der Waals surface area (Å²) in [4.78, 5) is 48.2. The molecule has 0 aromatic heterocycles. The van der Waals surface area contributed by atoms with E-state index in [1.54, 1.807) is 27.7 Å². The highest BCUT2D eigenvalue weighted by Crippen LogP contribution is 2.10. The second-order valence-electron chi connectivity index (χ2n) is 6.97. The van der Waals surface area contributed by atoms with Gasteiger partial charge in [0, 0.05) is 5.75 Å². The molecule has 5 unspecified atom stereocenters. The minimum atomic E-state index is -1.31. The molecule has 0 rings (SSSR count). The first-order valence-electron chi connectivity index (χ1n) is 9.11. The van der Waals surface area contributed by atoms with Crippen LogP contribution in [0.3, 0.4) is 0 Å².